The summed E-state index contributed by atoms with van der Waals surface area (Å²) in [5.74, 6) is 0. The fourth-order valence-electron chi connectivity index (χ4n) is 8.93. The zero-order valence-corrected chi connectivity index (χ0v) is 42.2. The zero-order chi connectivity index (χ0) is 46.4. The normalized spacial score (nSPS) is 10.8. The van der Waals surface area contributed by atoms with Crippen molar-refractivity contribution < 1.29 is 20.1 Å². The second kappa shape index (κ2) is 21.3. The van der Waals surface area contributed by atoms with Crippen molar-refractivity contribution >= 4 is 63.0 Å². The summed E-state index contributed by atoms with van der Waals surface area (Å²) in [6.45, 7) is 2.12. The number of nitrogens with zero attached hydrogens (tertiary/aromatic N) is 2. The molecule has 5 heteroatoms. The Morgan fingerprint density at radius 2 is 0.829 bits per heavy atom. The van der Waals surface area contributed by atoms with Gasteiger partial charge in [0.2, 0.25) is 0 Å². The van der Waals surface area contributed by atoms with E-state index in [-0.39, 0.29) is 20.1 Å². The first-order valence-electron chi connectivity index (χ1n) is 23.0. The molecule has 13 rings (SSSR count). The molecule has 0 amide bonds. The van der Waals surface area contributed by atoms with E-state index >= 15 is 0 Å². The van der Waals surface area contributed by atoms with Gasteiger partial charge in [0.1, 0.15) is 0 Å². The molecule has 337 valence electrons. The molecule has 9 aromatic carbocycles. The maximum absolute atomic E-state index is 4.55. The Labute approximate surface area is 430 Å². The Bertz CT molecular complexity index is 3660. The van der Waals surface area contributed by atoms with Crippen LogP contribution >= 0.6 is 22.7 Å². The Morgan fingerprint density at radius 3 is 1.36 bits per heavy atom. The number of thiophene rings is 2. The third-order valence-electron chi connectivity index (χ3n) is 12.3. The van der Waals surface area contributed by atoms with Crippen LogP contribution in [-0.4, -0.2) is 9.97 Å². The van der Waals surface area contributed by atoms with Crippen molar-refractivity contribution in [2.45, 2.75) is 6.92 Å². The fraction of sp³-hybridized carbons (Fsp3) is 0.0154. The van der Waals surface area contributed by atoms with Crippen molar-refractivity contribution in [3.8, 4) is 67.0 Å². The summed E-state index contributed by atoms with van der Waals surface area (Å²) in [5, 5.41) is 5.36. The minimum Gasteiger partial charge on any atom is -0.305 e. The summed E-state index contributed by atoms with van der Waals surface area (Å²) in [7, 11) is 0. The Kier molecular flexibility index (Phi) is 14.1. The second-order valence-corrected chi connectivity index (χ2v) is 18.8. The summed E-state index contributed by atoms with van der Waals surface area (Å²) in [5.41, 5.74) is 15.2. The van der Waals surface area contributed by atoms with E-state index in [2.05, 4.69) is 181 Å². The van der Waals surface area contributed by atoms with Crippen LogP contribution in [0.4, 0.5) is 0 Å². The van der Waals surface area contributed by atoms with Gasteiger partial charge < -0.3 is 9.97 Å². The van der Waals surface area contributed by atoms with Crippen molar-refractivity contribution in [1.29, 1.82) is 0 Å². The van der Waals surface area contributed by atoms with Crippen LogP contribution in [0.15, 0.2) is 249 Å². The van der Waals surface area contributed by atoms with Gasteiger partial charge in [-0.05, 0) is 93.2 Å². The maximum Gasteiger partial charge on any atom is 0.0433 e. The number of rotatable bonds is 6. The molecule has 0 fully saturated rings. The van der Waals surface area contributed by atoms with Crippen LogP contribution in [0.5, 0.6) is 0 Å². The quantitative estimate of drug-likeness (QED) is 0.155. The predicted octanol–water partition coefficient (Wildman–Crippen LogP) is 18.5. The monoisotopic (exact) mass is 1110 g/mol. The second-order valence-electron chi connectivity index (χ2n) is 16.7. The smallest absolute Gasteiger partial charge is 0.0433 e. The van der Waals surface area contributed by atoms with E-state index in [0.29, 0.717) is 0 Å². The first kappa shape index (κ1) is 46.1. The third kappa shape index (κ3) is 9.80. The van der Waals surface area contributed by atoms with Gasteiger partial charge >= 0.3 is 0 Å². The standard InChI is InChI=1S/C36H22S2.C18H14N.C11H8N.Ir/c1-3-19-33-29(13-1)31-17-7-15-27(35(31)37-33)25-11-5-9-23(21-25)24-10-6-12-26(22-24)28-16-8-18-32-30-14-2-4-20-34(30)38-36(28)32;1-14-12-18(16-10-6-3-7-11-16)19-13-17(14)15-8-4-2-5-9-15;1-2-6-10(7-3-1)11-8-4-5-9-12-11;/h1-22H;2-10,12-13H,1H3;1-6,8-9H;/q;2*-1;. The first-order chi connectivity index (χ1) is 34.1. The number of aryl methyl sites for hydroxylation is 1. The van der Waals surface area contributed by atoms with E-state index in [1.54, 1.807) is 6.20 Å². The number of benzene rings is 9. The molecule has 13 aromatic rings. The van der Waals surface area contributed by atoms with E-state index in [1.807, 2.05) is 114 Å². The Balaban J connectivity index is 0.000000147. The molecule has 70 heavy (non-hydrogen) atoms. The average molecular weight is 1110 g/mol. The van der Waals surface area contributed by atoms with Gasteiger partial charge in [0.15, 0.2) is 0 Å². The van der Waals surface area contributed by atoms with Crippen LogP contribution in [-0.2, 0) is 20.1 Å². The molecule has 0 aliphatic rings. The molecule has 0 aliphatic carbocycles. The number of hydrogen-bond acceptors (Lipinski definition) is 4. The molecular formula is C65H44IrN2S2-2. The van der Waals surface area contributed by atoms with Gasteiger partial charge in [0.05, 0.1) is 0 Å². The molecule has 0 saturated carbocycles. The molecular weight excluding hydrogens is 1070 g/mol. The van der Waals surface area contributed by atoms with Crippen LogP contribution < -0.4 is 0 Å². The topological polar surface area (TPSA) is 25.8 Å². The SMILES string of the molecule is Cc1cc(-c2[c-]cccc2)ncc1-c1ccccc1.[Ir].[c-]1ccccc1-c1ccccn1.c1cc(-c2cccc(-c3cccc4c3sc3ccccc34)c2)cc(-c2cccc3c2sc2ccccc23)c1. The molecule has 1 radical (unpaired) electrons. The maximum atomic E-state index is 4.55. The average Bonchev–Trinajstić information content (AvgIpc) is 4.01. The van der Waals surface area contributed by atoms with Crippen LogP contribution in [0.25, 0.3) is 107 Å². The van der Waals surface area contributed by atoms with E-state index < -0.39 is 0 Å². The Hall–Kier alpha value is -7.63. The van der Waals surface area contributed by atoms with Crippen molar-refractivity contribution in [2.75, 3.05) is 0 Å². The molecule has 0 atom stereocenters. The van der Waals surface area contributed by atoms with Gasteiger partial charge in [0, 0.05) is 78.4 Å². The third-order valence-corrected chi connectivity index (χ3v) is 14.8. The summed E-state index contributed by atoms with van der Waals surface area (Å²) < 4.78 is 5.40. The van der Waals surface area contributed by atoms with E-state index in [1.165, 1.54) is 90.4 Å². The van der Waals surface area contributed by atoms with Gasteiger partial charge in [-0.2, -0.15) is 0 Å². The summed E-state index contributed by atoms with van der Waals surface area (Å²) in [4.78, 5) is 8.77. The van der Waals surface area contributed by atoms with Crippen LogP contribution in [0, 0.1) is 19.1 Å². The summed E-state index contributed by atoms with van der Waals surface area (Å²) >= 11 is 3.78. The molecule has 0 unspecified atom stereocenters. The molecule has 0 N–H and O–H groups in total. The van der Waals surface area contributed by atoms with Crippen molar-refractivity contribution in [3.63, 3.8) is 0 Å². The molecule has 2 nitrogen and oxygen atoms in total. The molecule has 0 bridgehead atoms. The van der Waals surface area contributed by atoms with Gasteiger partial charge in [-0.25, -0.2) is 0 Å². The van der Waals surface area contributed by atoms with Crippen molar-refractivity contribution in [3.05, 3.63) is 267 Å². The largest absolute Gasteiger partial charge is 0.305 e. The van der Waals surface area contributed by atoms with Gasteiger partial charge in [-0.3, -0.25) is 0 Å². The van der Waals surface area contributed by atoms with E-state index in [4.69, 9.17) is 0 Å². The van der Waals surface area contributed by atoms with E-state index in [0.717, 1.165) is 22.5 Å². The van der Waals surface area contributed by atoms with Crippen molar-refractivity contribution in [1.82, 2.24) is 9.97 Å². The van der Waals surface area contributed by atoms with Crippen molar-refractivity contribution in [2.24, 2.45) is 0 Å². The summed E-state index contributed by atoms with van der Waals surface area (Å²) in [6.07, 6.45) is 3.73. The van der Waals surface area contributed by atoms with Gasteiger partial charge in [0.25, 0.3) is 0 Å². The number of fused-ring (bicyclic) bond motifs is 6. The molecule has 0 spiro atoms. The number of hydrogen-bond donors (Lipinski definition) is 0. The van der Waals surface area contributed by atoms with Gasteiger partial charge in [-0.1, -0.05) is 158 Å². The Morgan fingerprint density at radius 1 is 0.357 bits per heavy atom. The molecule has 4 aromatic heterocycles. The fourth-order valence-corrected chi connectivity index (χ4v) is 11.4. The minimum atomic E-state index is 0. The molecule has 0 saturated heterocycles. The molecule has 0 aliphatic heterocycles. The number of pyridine rings is 2. The van der Waals surface area contributed by atoms with Crippen LogP contribution in [0.3, 0.4) is 0 Å². The minimum absolute atomic E-state index is 0. The van der Waals surface area contributed by atoms with E-state index in [9.17, 15) is 0 Å². The summed E-state index contributed by atoms with van der Waals surface area (Å²) in [6, 6.07) is 89.3. The first-order valence-corrected chi connectivity index (χ1v) is 24.7. The molecule has 4 heterocycles. The van der Waals surface area contributed by atoms with Crippen LogP contribution in [0.1, 0.15) is 5.56 Å². The number of aromatic nitrogens is 2. The van der Waals surface area contributed by atoms with Crippen LogP contribution in [0.2, 0.25) is 0 Å². The predicted molar refractivity (Wildman–Crippen MR) is 296 cm³/mol. The van der Waals surface area contributed by atoms with Gasteiger partial charge in [-0.15, -0.1) is 94.5 Å². The zero-order valence-electron chi connectivity index (χ0n) is 38.2.